The zero-order valence-corrected chi connectivity index (χ0v) is 22.2. The number of aryl methyl sites for hydroxylation is 3. The third-order valence-electron chi connectivity index (χ3n) is 6.12. The van der Waals surface area contributed by atoms with Gasteiger partial charge >= 0.3 is 0 Å². The molecule has 1 amide bonds. The lowest BCUT2D eigenvalue weighted by Gasteiger charge is -2.21. The summed E-state index contributed by atoms with van der Waals surface area (Å²) < 4.78 is 33.6. The quantitative estimate of drug-likeness (QED) is 0.400. The number of ether oxygens (including phenoxy) is 1. The number of sulfonamides is 1. The first kappa shape index (κ1) is 26.3. The van der Waals surface area contributed by atoms with Crippen molar-refractivity contribution in [2.75, 3.05) is 11.8 Å². The van der Waals surface area contributed by atoms with Gasteiger partial charge in [-0.25, -0.2) is 8.42 Å². The van der Waals surface area contributed by atoms with Crippen LogP contribution >= 0.6 is 0 Å². The van der Waals surface area contributed by atoms with E-state index in [1.54, 1.807) is 56.5 Å². The van der Waals surface area contributed by atoms with Gasteiger partial charge in [0.2, 0.25) is 0 Å². The van der Waals surface area contributed by atoms with Crippen molar-refractivity contribution in [3.63, 3.8) is 0 Å². The zero-order chi connectivity index (χ0) is 25.9. The molecule has 35 heavy (non-hydrogen) atoms. The average molecular weight is 495 g/mol. The molecule has 0 aliphatic heterocycles. The Kier molecular flexibility index (Phi) is 7.90. The van der Waals surface area contributed by atoms with Crippen molar-refractivity contribution < 1.29 is 17.9 Å². The molecular weight excluding hydrogens is 460 g/mol. The number of hydrogen-bond acceptors (Lipinski definition) is 4. The Labute approximate surface area is 208 Å². The maximum absolute atomic E-state index is 13.0. The van der Waals surface area contributed by atoms with Gasteiger partial charge in [0.05, 0.1) is 23.7 Å². The molecule has 0 aromatic heterocycles. The summed E-state index contributed by atoms with van der Waals surface area (Å²) in [5.74, 6) is 0.903. The number of methoxy groups -OCH3 is 1. The summed E-state index contributed by atoms with van der Waals surface area (Å²) in [7, 11) is -2.06. The summed E-state index contributed by atoms with van der Waals surface area (Å²) in [6.45, 7) is 11.8. The SMILES string of the molecule is COc1cc(C)c([C@@H](C)NC(=O)c2ccc(NS(=O)(=O)c3ccc(C)cc3)c(C)c2)cc1C(C)C. The number of carbonyl (C=O) groups excluding carboxylic acids is 1. The molecule has 3 aromatic rings. The Morgan fingerprint density at radius 3 is 2.09 bits per heavy atom. The molecule has 0 fully saturated rings. The smallest absolute Gasteiger partial charge is 0.261 e. The van der Waals surface area contributed by atoms with Gasteiger partial charge in [0.1, 0.15) is 5.75 Å². The summed E-state index contributed by atoms with van der Waals surface area (Å²) in [5.41, 5.74) is 5.69. The van der Waals surface area contributed by atoms with Crippen molar-refractivity contribution in [1.82, 2.24) is 5.32 Å². The molecule has 6 nitrogen and oxygen atoms in total. The van der Waals surface area contributed by atoms with Gasteiger partial charge in [-0.05, 0) is 98.3 Å². The van der Waals surface area contributed by atoms with E-state index in [0.717, 1.165) is 28.0 Å². The number of carbonyl (C=O) groups is 1. The van der Waals surface area contributed by atoms with Gasteiger partial charge in [0, 0.05) is 5.56 Å². The third-order valence-corrected chi connectivity index (χ3v) is 7.50. The van der Waals surface area contributed by atoms with Crippen LogP contribution in [0.5, 0.6) is 5.75 Å². The first-order chi connectivity index (χ1) is 16.4. The number of benzene rings is 3. The number of hydrogen-bond donors (Lipinski definition) is 2. The largest absolute Gasteiger partial charge is 0.496 e. The normalized spacial score (nSPS) is 12.3. The van der Waals surface area contributed by atoms with E-state index in [0.29, 0.717) is 16.8 Å². The highest BCUT2D eigenvalue weighted by Crippen LogP contribution is 2.32. The van der Waals surface area contributed by atoms with Crippen LogP contribution in [0, 0.1) is 20.8 Å². The molecule has 0 heterocycles. The molecule has 3 rings (SSSR count). The molecule has 2 N–H and O–H groups in total. The molecule has 0 bridgehead atoms. The predicted molar refractivity (Wildman–Crippen MR) is 141 cm³/mol. The molecule has 0 radical (unpaired) electrons. The van der Waals surface area contributed by atoms with Crippen LogP contribution in [0.15, 0.2) is 59.5 Å². The Morgan fingerprint density at radius 2 is 1.51 bits per heavy atom. The van der Waals surface area contributed by atoms with E-state index in [9.17, 15) is 13.2 Å². The van der Waals surface area contributed by atoms with Crippen LogP contribution in [0.4, 0.5) is 5.69 Å². The average Bonchev–Trinajstić information content (AvgIpc) is 2.79. The second-order valence-corrected chi connectivity index (χ2v) is 10.9. The highest BCUT2D eigenvalue weighted by atomic mass is 32.2. The van der Waals surface area contributed by atoms with E-state index in [2.05, 4.69) is 30.0 Å². The molecule has 0 saturated heterocycles. The van der Waals surface area contributed by atoms with Gasteiger partial charge in [-0.15, -0.1) is 0 Å². The van der Waals surface area contributed by atoms with Crippen LogP contribution in [-0.4, -0.2) is 21.4 Å². The van der Waals surface area contributed by atoms with Crippen LogP contribution < -0.4 is 14.8 Å². The summed E-state index contributed by atoms with van der Waals surface area (Å²) in [6, 6.07) is 15.5. The Bertz CT molecular complexity index is 1330. The lowest BCUT2D eigenvalue weighted by Crippen LogP contribution is -2.27. The van der Waals surface area contributed by atoms with E-state index < -0.39 is 10.0 Å². The number of anilines is 1. The fraction of sp³-hybridized carbons (Fsp3) is 0.321. The van der Waals surface area contributed by atoms with Crippen molar-refractivity contribution in [2.45, 2.75) is 58.4 Å². The van der Waals surface area contributed by atoms with Gasteiger partial charge in [-0.2, -0.15) is 0 Å². The van der Waals surface area contributed by atoms with Crippen LogP contribution in [0.2, 0.25) is 0 Å². The molecule has 0 spiro atoms. The molecule has 1 atom stereocenters. The molecule has 7 heteroatoms. The molecule has 186 valence electrons. The highest BCUT2D eigenvalue weighted by molar-refractivity contribution is 7.92. The van der Waals surface area contributed by atoms with Crippen LogP contribution in [0.3, 0.4) is 0 Å². The summed E-state index contributed by atoms with van der Waals surface area (Å²) in [5, 5.41) is 3.06. The van der Waals surface area contributed by atoms with Gasteiger partial charge < -0.3 is 10.1 Å². The fourth-order valence-electron chi connectivity index (χ4n) is 4.01. The number of amides is 1. The highest BCUT2D eigenvalue weighted by Gasteiger charge is 2.19. The second kappa shape index (κ2) is 10.5. The summed E-state index contributed by atoms with van der Waals surface area (Å²) in [6.07, 6.45) is 0. The Morgan fingerprint density at radius 1 is 0.857 bits per heavy atom. The van der Waals surface area contributed by atoms with Crippen molar-refractivity contribution in [3.05, 3.63) is 88.0 Å². The van der Waals surface area contributed by atoms with E-state index in [4.69, 9.17) is 4.74 Å². The minimum absolute atomic E-state index is 0.189. The fourth-order valence-corrected chi connectivity index (χ4v) is 5.14. The van der Waals surface area contributed by atoms with E-state index in [-0.39, 0.29) is 22.8 Å². The monoisotopic (exact) mass is 494 g/mol. The van der Waals surface area contributed by atoms with Gasteiger partial charge in [0.15, 0.2) is 0 Å². The van der Waals surface area contributed by atoms with Gasteiger partial charge in [-0.3, -0.25) is 9.52 Å². The lowest BCUT2D eigenvalue weighted by molar-refractivity contribution is 0.0939. The maximum Gasteiger partial charge on any atom is 0.261 e. The van der Waals surface area contributed by atoms with Crippen LogP contribution in [-0.2, 0) is 10.0 Å². The minimum Gasteiger partial charge on any atom is -0.496 e. The summed E-state index contributed by atoms with van der Waals surface area (Å²) >= 11 is 0. The van der Waals surface area contributed by atoms with Crippen LogP contribution in [0.1, 0.15) is 70.9 Å². The molecule has 0 saturated carbocycles. The second-order valence-electron chi connectivity index (χ2n) is 9.25. The maximum atomic E-state index is 13.0. The lowest BCUT2D eigenvalue weighted by atomic mass is 9.93. The van der Waals surface area contributed by atoms with Crippen molar-refractivity contribution in [2.24, 2.45) is 0 Å². The predicted octanol–water partition coefficient (Wildman–Crippen LogP) is 6.04. The van der Waals surface area contributed by atoms with Gasteiger partial charge in [-0.1, -0.05) is 31.5 Å². The van der Waals surface area contributed by atoms with E-state index in [1.807, 2.05) is 26.8 Å². The zero-order valence-electron chi connectivity index (χ0n) is 21.4. The minimum atomic E-state index is -3.72. The topological polar surface area (TPSA) is 84.5 Å². The Balaban J connectivity index is 1.78. The first-order valence-electron chi connectivity index (χ1n) is 11.6. The molecule has 3 aromatic carbocycles. The van der Waals surface area contributed by atoms with E-state index >= 15 is 0 Å². The molecule has 0 unspecified atom stereocenters. The van der Waals surface area contributed by atoms with E-state index in [1.165, 1.54) is 0 Å². The first-order valence-corrected chi connectivity index (χ1v) is 13.1. The van der Waals surface area contributed by atoms with Crippen molar-refractivity contribution in [1.29, 1.82) is 0 Å². The molecule has 0 aliphatic rings. The third kappa shape index (κ3) is 6.03. The Hall–Kier alpha value is -3.32. The van der Waals surface area contributed by atoms with Crippen LogP contribution in [0.25, 0.3) is 0 Å². The van der Waals surface area contributed by atoms with Crippen molar-refractivity contribution >= 4 is 21.6 Å². The summed E-state index contributed by atoms with van der Waals surface area (Å²) in [4.78, 5) is 13.2. The number of rotatable bonds is 8. The molecule has 0 aliphatic carbocycles. The van der Waals surface area contributed by atoms with Crippen molar-refractivity contribution in [3.8, 4) is 5.75 Å². The standard InChI is InChI=1S/C28H34N2O4S/c1-17(2)24-16-25(19(4)15-27(24)34-7)21(6)29-28(31)22-10-13-26(20(5)14-22)30-35(32,33)23-11-8-18(3)9-12-23/h8-17,21,30H,1-7H3,(H,29,31)/t21-/m1/s1. The van der Waals surface area contributed by atoms with Gasteiger partial charge in [0.25, 0.3) is 15.9 Å². The number of nitrogens with one attached hydrogen (secondary N) is 2. The molecular formula is C28H34N2O4S.